The molecule has 1 aliphatic rings. The third kappa shape index (κ3) is 2.95. The molecule has 3 aromatic carbocycles. The summed E-state index contributed by atoms with van der Waals surface area (Å²) in [5, 5.41) is 18.7. The monoisotopic (exact) mass is 398 g/mol. The number of hydrogen-bond acceptors (Lipinski definition) is 3. The maximum Gasteiger partial charge on any atom is 0.234 e. The minimum Gasteiger partial charge on any atom is -0.411 e. The standard InChI is InChI=1S/C21H16Cl2N2O2/c1-11(25-27)18-20(15-8-7-13(22)10-16(15)23)19-14-5-3-2-4-12(14)6-9-17(19)24-21(18)26/h2-10,18,20,27H,1H3,(H,24,26)/b25-11+/t18-,20-/m1/s1. The number of fused-ring (bicyclic) bond motifs is 3. The van der Waals surface area contributed by atoms with Crippen LogP contribution >= 0.6 is 23.2 Å². The number of nitrogens with zero attached hydrogens (tertiary/aromatic N) is 1. The average Bonchev–Trinajstić information content (AvgIpc) is 2.66. The van der Waals surface area contributed by atoms with E-state index in [-0.39, 0.29) is 5.91 Å². The molecule has 0 unspecified atom stereocenters. The predicted molar refractivity (Wildman–Crippen MR) is 109 cm³/mol. The fourth-order valence-electron chi connectivity index (χ4n) is 3.85. The first-order valence-corrected chi connectivity index (χ1v) is 9.23. The van der Waals surface area contributed by atoms with Crippen LogP contribution in [0.5, 0.6) is 0 Å². The number of halogens is 2. The van der Waals surface area contributed by atoms with Crippen molar-refractivity contribution < 1.29 is 10.0 Å². The average molecular weight is 399 g/mol. The summed E-state index contributed by atoms with van der Waals surface area (Å²) in [5.74, 6) is -1.32. The van der Waals surface area contributed by atoms with Gasteiger partial charge in [-0.1, -0.05) is 64.8 Å². The molecule has 1 heterocycles. The van der Waals surface area contributed by atoms with Crippen LogP contribution in [0.4, 0.5) is 5.69 Å². The van der Waals surface area contributed by atoms with Gasteiger partial charge in [0.05, 0.1) is 11.6 Å². The summed E-state index contributed by atoms with van der Waals surface area (Å²) < 4.78 is 0. The number of nitrogens with one attached hydrogen (secondary N) is 1. The van der Waals surface area contributed by atoms with Gasteiger partial charge in [-0.25, -0.2) is 0 Å². The van der Waals surface area contributed by atoms with E-state index in [4.69, 9.17) is 23.2 Å². The second kappa shape index (κ2) is 6.87. The molecule has 0 aromatic heterocycles. The van der Waals surface area contributed by atoms with E-state index in [0.717, 1.165) is 27.6 Å². The lowest BCUT2D eigenvalue weighted by Crippen LogP contribution is -2.38. The highest BCUT2D eigenvalue weighted by molar-refractivity contribution is 6.35. The van der Waals surface area contributed by atoms with Gasteiger partial charge in [0, 0.05) is 21.7 Å². The van der Waals surface area contributed by atoms with Gasteiger partial charge in [-0.05, 0) is 47.0 Å². The minimum absolute atomic E-state index is 0.232. The molecule has 1 aliphatic heterocycles. The van der Waals surface area contributed by atoms with Gasteiger partial charge in [-0.3, -0.25) is 4.79 Å². The summed E-state index contributed by atoms with van der Waals surface area (Å²) in [4.78, 5) is 12.9. The van der Waals surface area contributed by atoms with Crippen molar-refractivity contribution in [3.63, 3.8) is 0 Å². The molecule has 136 valence electrons. The third-order valence-electron chi connectivity index (χ3n) is 5.06. The Morgan fingerprint density at radius 1 is 1.11 bits per heavy atom. The predicted octanol–water partition coefficient (Wildman–Crippen LogP) is 5.70. The smallest absolute Gasteiger partial charge is 0.234 e. The Bertz CT molecular complexity index is 1090. The van der Waals surface area contributed by atoms with Crippen molar-refractivity contribution in [2.45, 2.75) is 12.8 Å². The summed E-state index contributed by atoms with van der Waals surface area (Å²) in [6.45, 7) is 1.64. The van der Waals surface area contributed by atoms with E-state index in [1.54, 1.807) is 19.1 Å². The molecule has 0 radical (unpaired) electrons. The Hall–Kier alpha value is -2.56. The van der Waals surface area contributed by atoms with E-state index in [1.807, 2.05) is 42.5 Å². The van der Waals surface area contributed by atoms with Crippen molar-refractivity contribution in [2.24, 2.45) is 11.1 Å². The molecule has 0 aliphatic carbocycles. The topological polar surface area (TPSA) is 61.7 Å². The summed E-state index contributed by atoms with van der Waals surface area (Å²) >= 11 is 12.6. The third-order valence-corrected chi connectivity index (χ3v) is 5.62. The number of oxime groups is 1. The van der Waals surface area contributed by atoms with Crippen LogP contribution in [0.3, 0.4) is 0 Å². The molecular weight excluding hydrogens is 383 g/mol. The van der Waals surface area contributed by atoms with Crippen LogP contribution in [-0.2, 0) is 4.79 Å². The highest BCUT2D eigenvalue weighted by Gasteiger charge is 2.40. The van der Waals surface area contributed by atoms with Crippen molar-refractivity contribution in [1.82, 2.24) is 0 Å². The van der Waals surface area contributed by atoms with Gasteiger partial charge in [0.15, 0.2) is 0 Å². The summed E-state index contributed by atoms with van der Waals surface area (Å²) in [7, 11) is 0. The Labute approximate surface area is 166 Å². The molecule has 6 heteroatoms. The largest absolute Gasteiger partial charge is 0.411 e. The first-order valence-electron chi connectivity index (χ1n) is 8.47. The minimum atomic E-state index is -0.688. The van der Waals surface area contributed by atoms with Gasteiger partial charge < -0.3 is 10.5 Å². The lowest BCUT2D eigenvalue weighted by atomic mass is 9.73. The van der Waals surface area contributed by atoms with Crippen molar-refractivity contribution in [2.75, 3.05) is 5.32 Å². The second-order valence-electron chi connectivity index (χ2n) is 6.60. The van der Waals surface area contributed by atoms with E-state index in [0.29, 0.717) is 15.8 Å². The van der Waals surface area contributed by atoms with Gasteiger partial charge in [0.1, 0.15) is 0 Å². The fraction of sp³-hybridized carbons (Fsp3) is 0.143. The van der Waals surface area contributed by atoms with Crippen LogP contribution in [0.1, 0.15) is 24.0 Å². The van der Waals surface area contributed by atoms with E-state index >= 15 is 0 Å². The lowest BCUT2D eigenvalue weighted by Gasteiger charge is -2.34. The molecule has 0 saturated carbocycles. The van der Waals surface area contributed by atoms with Crippen LogP contribution < -0.4 is 5.32 Å². The number of benzene rings is 3. The van der Waals surface area contributed by atoms with Gasteiger partial charge in [-0.2, -0.15) is 0 Å². The molecular formula is C21H16Cl2N2O2. The maximum absolute atomic E-state index is 12.9. The van der Waals surface area contributed by atoms with Gasteiger partial charge >= 0.3 is 0 Å². The van der Waals surface area contributed by atoms with Crippen LogP contribution in [-0.4, -0.2) is 16.8 Å². The zero-order valence-electron chi connectivity index (χ0n) is 14.4. The fourth-order valence-corrected chi connectivity index (χ4v) is 4.38. The molecule has 0 fully saturated rings. The zero-order valence-corrected chi connectivity index (χ0v) is 15.9. The Balaban J connectivity index is 2.07. The lowest BCUT2D eigenvalue weighted by molar-refractivity contribution is -0.118. The van der Waals surface area contributed by atoms with Gasteiger partial charge in [-0.15, -0.1) is 0 Å². The Morgan fingerprint density at radius 2 is 1.89 bits per heavy atom. The summed E-state index contributed by atoms with van der Waals surface area (Å²) in [6.07, 6.45) is 0. The van der Waals surface area contributed by atoms with Crippen LogP contribution in [0.15, 0.2) is 59.8 Å². The normalized spacial score (nSPS) is 19.7. The number of carbonyl (C=O) groups excluding carboxylic acids is 1. The van der Waals surface area contributed by atoms with Crippen LogP contribution in [0.2, 0.25) is 10.0 Å². The quantitative estimate of drug-likeness (QED) is 0.330. The zero-order chi connectivity index (χ0) is 19.1. The molecule has 1 amide bonds. The molecule has 3 aromatic rings. The van der Waals surface area contributed by atoms with Crippen molar-refractivity contribution in [1.29, 1.82) is 0 Å². The first kappa shape index (κ1) is 17.8. The van der Waals surface area contributed by atoms with Crippen molar-refractivity contribution in [3.05, 3.63) is 75.8 Å². The molecule has 2 N–H and O–H groups in total. The second-order valence-corrected chi connectivity index (χ2v) is 7.44. The van der Waals surface area contributed by atoms with Crippen LogP contribution in [0, 0.1) is 5.92 Å². The molecule has 27 heavy (non-hydrogen) atoms. The maximum atomic E-state index is 12.9. The Morgan fingerprint density at radius 3 is 2.63 bits per heavy atom. The molecule has 4 nitrogen and oxygen atoms in total. The van der Waals surface area contributed by atoms with Crippen molar-refractivity contribution >= 4 is 51.3 Å². The molecule has 0 spiro atoms. The molecule has 0 bridgehead atoms. The van der Waals surface area contributed by atoms with Crippen molar-refractivity contribution in [3.8, 4) is 0 Å². The summed E-state index contributed by atoms with van der Waals surface area (Å²) in [5.41, 5.74) is 2.77. The Kier molecular flexibility index (Phi) is 4.54. The highest BCUT2D eigenvalue weighted by atomic mass is 35.5. The van der Waals surface area contributed by atoms with E-state index < -0.39 is 11.8 Å². The number of hydrogen-bond donors (Lipinski definition) is 2. The number of rotatable bonds is 2. The highest BCUT2D eigenvalue weighted by Crippen LogP contribution is 2.46. The summed E-state index contributed by atoms with van der Waals surface area (Å²) in [6, 6.07) is 17.1. The van der Waals surface area contributed by atoms with E-state index in [9.17, 15) is 10.0 Å². The molecule has 4 rings (SSSR count). The first-order chi connectivity index (χ1) is 13.0. The van der Waals surface area contributed by atoms with E-state index in [2.05, 4.69) is 10.5 Å². The SMILES string of the molecule is C/C(=N\O)[C@H]1C(=O)Nc2ccc3ccccc3c2[C@@H]1c1ccc(Cl)cc1Cl. The molecule has 0 saturated heterocycles. The van der Waals surface area contributed by atoms with Crippen LogP contribution in [0.25, 0.3) is 10.8 Å². The van der Waals surface area contributed by atoms with E-state index in [1.165, 1.54) is 0 Å². The van der Waals surface area contributed by atoms with Gasteiger partial charge in [0.2, 0.25) is 5.91 Å². The number of amides is 1. The number of carbonyl (C=O) groups is 1. The molecule has 2 atom stereocenters. The van der Waals surface area contributed by atoms with Gasteiger partial charge in [0.25, 0.3) is 0 Å². The number of anilines is 1.